The van der Waals surface area contributed by atoms with Crippen LogP contribution in [0.25, 0.3) is 34.0 Å². The first-order valence-corrected chi connectivity index (χ1v) is 16.5. The second kappa shape index (κ2) is 14.3. The average Bonchev–Trinajstić information content (AvgIpc) is 3.64. The molecule has 0 amide bonds. The minimum absolute atomic E-state index is 0.0704. The van der Waals surface area contributed by atoms with Gasteiger partial charge in [-0.25, -0.2) is 18.7 Å². The molecule has 8 aromatic rings. The van der Waals surface area contributed by atoms with E-state index in [0.717, 1.165) is 5.56 Å². The van der Waals surface area contributed by atoms with E-state index in [2.05, 4.69) is 40.5 Å². The van der Waals surface area contributed by atoms with Gasteiger partial charge in [0.05, 0.1) is 22.1 Å². The molecule has 6 N–H and O–H groups in total. The molecule has 17 heteroatoms. The number of imidazole rings is 2. The molecule has 0 fully saturated rings. The van der Waals surface area contributed by atoms with E-state index >= 15 is 0 Å². The normalized spacial score (nSPS) is 11.1. The summed E-state index contributed by atoms with van der Waals surface area (Å²) < 4.78 is 59.4. The second-order valence-electron chi connectivity index (χ2n) is 12.0. The third-order valence-electron chi connectivity index (χ3n) is 8.12. The summed E-state index contributed by atoms with van der Waals surface area (Å²) >= 11 is 5.86. The molecule has 54 heavy (non-hydrogen) atoms. The van der Waals surface area contributed by atoms with Gasteiger partial charge in [-0.2, -0.15) is 28.7 Å². The number of nitrogens with zero attached hydrogens (tertiary/aromatic N) is 8. The van der Waals surface area contributed by atoms with Crippen molar-refractivity contribution in [2.45, 2.75) is 20.8 Å². The number of halogens is 5. The van der Waals surface area contributed by atoms with E-state index in [0.29, 0.717) is 50.1 Å². The maximum Gasteiger partial charge on any atom is 0.239 e. The minimum atomic E-state index is -0.790. The van der Waals surface area contributed by atoms with Crippen LogP contribution in [-0.2, 0) is 0 Å². The summed E-state index contributed by atoms with van der Waals surface area (Å²) in [6.45, 7) is 5.40. The van der Waals surface area contributed by atoms with E-state index in [1.54, 1.807) is 62.4 Å². The van der Waals surface area contributed by atoms with Crippen LogP contribution in [0.15, 0.2) is 84.9 Å². The van der Waals surface area contributed by atoms with Crippen molar-refractivity contribution in [3.8, 4) is 11.9 Å². The van der Waals surface area contributed by atoms with Gasteiger partial charge in [0.2, 0.25) is 23.5 Å². The number of nitrogens with one attached hydrogen (secondary N) is 2. The van der Waals surface area contributed by atoms with E-state index in [1.807, 2.05) is 19.1 Å². The number of hydrogen-bond donors (Lipinski definition) is 4. The number of fused-ring (bicyclic) bond motifs is 2. The predicted molar refractivity (Wildman–Crippen MR) is 201 cm³/mol. The van der Waals surface area contributed by atoms with Crippen LogP contribution in [-0.4, -0.2) is 39.0 Å². The first-order chi connectivity index (χ1) is 25.8. The van der Waals surface area contributed by atoms with Crippen LogP contribution in [0.4, 0.5) is 52.2 Å². The van der Waals surface area contributed by atoms with Crippen molar-refractivity contribution in [1.29, 1.82) is 0 Å². The van der Waals surface area contributed by atoms with Gasteiger partial charge in [0.1, 0.15) is 23.3 Å². The summed E-state index contributed by atoms with van der Waals surface area (Å²) in [5.41, 5.74) is 15.9. The molecule has 0 saturated heterocycles. The summed E-state index contributed by atoms with van der Waals surface area (Å²) in [5.74, 6) is -2.01. The van der Waals surface area contributed by atoms with Crippen LogP contribution in [0, 0.1) is 44.0 Å². The number of aromatic nitrogens is 8. The van der Waals surface area contributed by atoms with Gasteiger partial charge in [-0.1, -0.05) is 29.3 Å². The van der Waals surface area contributed by atoms with Crippen molar-refractivity contribution in [2.75, 3.05) is 22.1 Å². The van der Waals surface area contributed by atoms with Gasteiger partial charge in [0.25, 0.3) is 0 Å². The van der Waals surface area contributed by atoms with Crippen LogP contribution in [0.5, 0.6) is 0 Å². The molecule has 0 atom stereocenters. The van der Waals surface area contributed by atoms with Crippen molar-refractivity contribution >= 4 is 68.3 Å². The highest BCUT2D eigenvalue weighted by Gasteiger charge is 2.20. The van der Waals surface area contributed by atoms with Crippen molar-refractivity contribution in [1.82, 2.24) is 39.0 Å². The summed E-state index contributed by atoms with van der Waals surface area (Å²) in [5, 5.41) is 6.30. The molecule has 0 spiro atoms. The Hall–Kier alpha value is -6.81. The van der Waals surface area contributed by atoms with Crippen LogP contribution in [0.1, 0.15) is 17.2 Å². The van der Waals surface area contributed by atoms with Crippen molar-refractivity contribution in [3.63, 3.8) is 0 Å². The Morgan fingerprint density at radius 2 is 0.944 bits per heavy atom. The number of benzene rings is 4. The molecule has 0 bridgehead atoms. The molecule has 0 unspecified atom stereocenters. The fraction of sp³-hybridized carbons (Fsp3) is 0.0811. The molecule has 0 saturated carbocycles. The first kappa shape index (κ1) is 35.6. The van der Waals surface area contributed by atoms with Crippen molar-refractivity contribution in [2.24, 2.45) is 0 Å². The van der Waals surface area contributed by atoms with E-state index in [9.17, 15) is 17.6 Å². The van der Waals surface area contributed by atoms with Gasteiger partial charge in [0, 0.05) is 28.5 Å². The molecular weight excluding hydrogens is 724 g/mol. The zero-order valence-electron chi connectivity index (χ0n) is 28.7. The lowest BCUT2D eigenvalue weighted by atomic mass is 10.2. The number of aryl methyl sites for hydroxylation is 3. The largest absolute Gasteiger partial charge is 0.381 e. The van der Waals surface area contributed by atoms with Gasteiger partial charge in [0.15, 0.2) is 23.3 Å². The van der Waals surface area contributed by atoms with E-state index in [-0.39, 0.29) is 35.2 Å². The molecule has 0 aliphatic carbocycles. The summed E-state index contributed by atoms with van der Waals surface area (Å²) in [6, 6.07) is 22.4. The second-order valence-corrected chi connectivity index (χ2v) is 12.5. The minimum Gasteiger partial charge on any atom is -0.381 e. The highest BCUT2D eigenvalue weighted by Crippen LogP contribution is 2.28. The van der Waals surface area contributed by atoms with E-state index in [4.69, 9.17) is 23.1 Å². The zero-order chi connectivity index (χ0) is 38.3. The number of rotatable bonds is 6. The third kappa shape index (κ3) is 7.14. The number of hydrogen-bond acceptors (Lipinski definition) is 10. The Morgan fingerprint density at radius 1 is 0.537 bits per heavy atom. The molecular formula is C37H29ClF4N12. The van der Waals surface area contributed by atoms with Crippen molar-refractivity contribution < 1.29 is 17.6 Å². The Morgan fingerprint density at radius 3 is 1.37 bits per heavy atom. The fourth-order valence-corrected chi connectivity index (χ4v) is 5.68. The molecule has 0 radical (unpaired) electrons. The van der Waals surface area contributed by atoms with Crippen LogP contribution in [0.2, 0.25) is 5.02 Å². The molecule has 4 aromatic heterocycles. The summed E-state index contributed by atoms with van der Waals surface area (Å²) in [6.07, 6.45) is 0. The fourth-order valence-electron chi connectivity index (χ4n) is 5.56. The Labute approximate surface area is 309 Å². The van der Waals surface area contributed by atoms with Gasteiger partial charge in [-0.3, -0.25) is 9.13 Å². The van der Waals surface area contributed by atoms with E-state index in [1.165, 1.54) is 33.4 Å². The zero-order valence-corrected chi connectivity index (χ0v) is 29.5. The first-order valence-electron chi connectivity index (χ1n) is 16.2. The van der Waals surface area contributed by atoms with Crippen LogP contribution in [0.3, 0.4) is 0 Å². The Bertz CT molecular complexity index is 2490. The van der Waals surface area contributed by atoms with E-state index < -0.39 is 23.3 Å². The average molecular weight is 753 g/mol. The molecule has 4 heterocycles. The number of anilines is 6. The highest BCUT2D eigenvalue weighted by molar-refractivity contribution is 6.30. The topological polar surface area (TPSA) is 163 Å². The Kier molecular flexibility index (Phi) is 9.43. The maximum atomic E-state index is 14.5. The quantitative estimate of drug-likeness (QED) is 0.121. The Balaban J connectivity index is 0.000000167. The summed E-state index contributed by atoms with van der Waals surface area (Å²) in [4.78, 5) is 25.2. The lowest BCUT2D eigenvalue weighted by Gasteiger charge is -2.12. The summed E-state index contributed by atoms with van der Waals surface area (Å²) in [7, 11) is 0. The molecule has 0 aliphatic rings. The van der Waals surface area contributed by atoms with Crippen LogP contribution >= 0.6 is 11.6 Å². The lowest BCUT2D eigenvalue weighted by molar-refractivity contribution is 0.622. The SMILES string of the molecule is Cc1ccc(Nc2nc(-n3c(C)nc4ccc(F)cc43)nc(N)c2F)cc1.Cc1nc2ccc(F)cc2n1-c1nc(N)c(F)c(Nc2ccc(Cl)cc2)n1. The predicted octanol–water partition coefficient (Wildman–Crippen LogP) is 8.42. The molecule has 272 valence electrons. The maximum absolute atomic E-state index is 14.5. The number of nitrogens with two attached hydrogens (primary N) is 2. The standard InChI is InChI=1S/C19H16F2N6.C18H13ClF2N6/c1-10-3-6-13(7-4-10)24-18-16(21)17(22)25-19(26-18)27-11(2)23-14-8-5-12(20)9-15(14)27;1-9-23-13-7-4-11(20)8-14(13)27(9)18-25-16(22)15(21)17(26-18)24-12-5-2-10(19)3-6-12/h3-9H,1-2H3,(H3,22,24,25,26);2-8H,1H3,(H3,22,24,25,26). The lowest BCUT2D eigenvalue weighted by Crippen LogP contribution is -2.10. The smallest absolute Gasteiger partial charge is 0.239 e. The molecule has 0 aliphatic heterocycles. The van der Waals surface area contributed by atoms with Gasteiger partial charge in [-0.15, -0.1) is 0 Å². The molecule has 8 rings (SSSR count). The third-order valence-corrected chi connectivity index (χ3v) is 8.37. The number of nitrogen functional groups attached to an aromatic ring is 2. The van der Waals surface area contributed by atoms with Crippen LogP contribution < -0.4 is 22.1 Å². The van der Waals surface area contributed by atoms with Gasteiger partial charge < -0.3 is 22.1 Å². The van der Waals surface area contributed by atoms with Crippen molar-refractivity contribution in [3.05, 3.63) is 130 Å². The molecule has 4 aromatic carbocycles. The van der Waals surface area contributed by atoms with Gasteiger partial charge >= 0.3 is 0 Å². The highest BCUT2D eigenvalue weighted by atomic mass is 35.5. The van der Waals surface area contributed by atoms with Gasteiger partial charge in [-0.05, 0) is 81.4 Å². The monoisotopic (exact) mass is 752 g/mol. The molecule has 12 nitrogen and oxygen atoms in total.